The van der Waals surface area contributed by atoms with Crippen LogP contribution in [-0.4, -0.2) is 24.2 Å². The molecule has 2 aliphatic carbocycles. The topological polar surface area (TPSA) is 17.1 Å². The number of allylic oxidation sites excluding steroid dienone is 1. The minimum atomic E-state index is -2.42. The van der Waals surface area contributed by atoms with Crippen molar-refractivity contribution in [3.63, 3.8) is 0 Å². The summed E-state index contributed by atoms with van der Waals surface area (Å²) in [5.41, 5.74) is 1.52. The number of fused-ring (bicyclic) bond motifs is 1. The van der Waals surface area contributed by atoms with E-state index in [1.165, 1.54) is 70.2 Å². The number of ketones is 1. The molecule has 2 saturated carbocycles. The van der Waals surface area contributed by atoms with Gasteiger partial charge in [-0.05, 0) is 0 Å². The van der Waals surface area contributed by atoms with E-state index in [4.69, 9.17) is 0 Å². The van der Waals surface area contributed by atoms with Crippen LogP contribution in [0.3, 0.4) is 0 Å². The Morgan fingerprint density at radius 2 is 1.56 bits per heavy atom. The summed E-state index contributed by atoms with van der Waals surface area (Å²) in [5.74, 6) is 1.23. The molecular formula is C25H46OSn. The SMILES string of the molecule is C=C1CCC[C@H]2C(=O)[C@@H](C)[C@H]([Sn]([CH2]CCC)([CH2]CCC)[CH2]CCC)C[C@@]12C. The molecule has 0 aliphatic heterocycles. The second-order valence-corrected chi connectivity index (χ2v) is 24.3. The van der Waals surface area contributed by atoms with Crippen LogP contribution in [0.25, 0.3) is 0 Å². The predicted octanol–water partition coefficient (Wildman–Crippen LogP) is 8.18. The van der Waals surface area contributed by atoms with Gasteiger partial charge < -0.3 is 0 Å². The van der Waals surface area contributed by atoms with Gasteiger partial charge in [0, 0.05) is 0 Å². The van der Waals surface area contributed by atoms with Gasteiger partial charge in [-0.2, -0.15) is 0 Å². The monoisotopic (exact) mass is 482 g/mol. The summed E-state index contributed by atoms with van der Waals surface area (Å²) >= 11 is -2.42. The van der Waals surface area contributed by atoms with E-state index in [1.807, 2.05) is 0 Å². The summed E-state index contributed by atoms with van der Waals surface area (Å²) in [7, 11) is 0. The Labute approximate surface area is 174 Å². The van der Waals surface area contributed by atoms with Crippen LogP contribution in [0.5, 0.6) is 0 Å². The maximum absolute atomic E-state index is 13.6. The van der Waals surface area contributed by atoms with Crippen molar-refractivity contribution in [2.24, 2.45) is 17.3 Å². The molecule has 0 amide bonds. The Morgan fingerprint density at radius 1 is 1.04 bits per heavy atom. The van der Waals surface area contributed by atoms with Crippen LogP contribution in [0.4, 0.5) is 0 Å². The van der Waals surface area contributed by atoms with Crippen molar-refractivity contribution < 1.29 is 4.79 Å². The normalized spacial score (nSPS) is 31.8. The molecule has 156 valence electrons. The van der Waals surface area contributed by atoms with Gasteiger partial charge in [0.2, 0.25) is 0 Å². The van der Waals surface area contributed by atoms with E-state index in [1.54, 1.807) is 0 Å². The van der Waals surface area contributed by atoms with Crippen LogP contribution in [-0.2, 0) is 4.79 Å². The molecule has 0 radical (unpaired) electrons. The van der Waals surface area contributed by atoms with Gasteiger partial charge in [-0.1, -0.05) is 0 Å². The number of carbonyl (C=O) groups excluding carboxylic acids is 1. The fourth-order valence-electron chi connectivity index (χ4n) is 6.53. The minimum absolute atomic E-state index is 0.110. The first-order chi connectivity index (χ1) is 12.9. The van der Waals surface area contributed by atoms with E-state index in [9.17, 15) is 4.79 Å². The molecule has 1 nitrogen and oxygen atoms in total. The van der Waals surface area contributed by atoms with Crippen LogP contribution in [0, 0.1) is 17.3 Å². The molecule has 0 aromatic rings. The molecule has 2 fully saturated rings. The zero-order chi connectivity index (χ0) is 20.1. The summed E-state index contributed by atoms with van der Waals surface area (Å²) in [4.78, 5) is 13.6. The van der Waals surface area contributed by atoms with E-state index in [0.717, 1.165) is 16.8 Å². The molecule has 2 aliphatic rings. The molecule has 2 rings (SSSR count). The summed E-state index contributed by atoms with van der Waals surface area (Å²) in [6, 6.07) is 0. The molecule has 0 spiro atoms. The van der Waals surface area contributed by atoms with Gasteiger partial charge in [0.25, 0.3) is 0 Å². The van der Waals surface area contributed by atoms with Crippen molar-refractivity contribution in [2.45, 2.75) is 116 Å². The number of rotatable bonds is 10. The van der Waals surface area contributed by atoms with Crippen LogP contribution in [0.1, 0.15) is 98.8 Å². The van der Waals surface area contributed by atoms with Crippen molar-refractivity contribution in [2.75, 3.05) is 0 Å². The first-order valence-electron chi connectivity index (χ1n) is 12.1. The molecule has 4 atom stereocenters. The van der Waals surface area contributed by atoms with E-state index >= 15 is 0 Å². The van der Waals surface area contributed by atoms with Gasteiger partial charge in [-0.3, -0.25) is 0 Å². The molecule has 0 heterocycles. The Balaban J connectivity index is 2.41. The van der Waals surface area contributed by atoms with Crippen molar-refractivity contribution in [1.82, 2.24) is 0 Å². The molecular weight excluding hydrogens is 435 g/mol. The molecule has 27 heavy (non-hydrogen) atoms. The Morgan fingerprint density at radius 3 is 2.04 bits per heavy atom. The summed E-state index contributed by atoms with van der Waals surface area (Å²) in [5, 5.41) is 0. The van der Waals surface area contributed by atoms with Crippen LogP contribution in [0.15, 0.2) is 12.2 Å². The number of carbonyl (C=O) groups is 1. The van der Waals surface area contributed by atoms with Gasteiger partial charge in [0.15, 0.2) is 0 Å². The average molecular weight is 481 g/mol. The Bertz CT molecular complexity index is 489. The molecule has 0 N–H and O–H groups in total. The zero-order valence-corrected chi connectivity index (χ0v) is 21.9. The quantitative estimate of drug-likeness (QED) is 0.227. The average Bonchev–Trinajstić information content (AvgIpc) is 2.66. The van der Waals surface area contributed by atoms with Gasteiger partial charge in [-0.15, -0.1) is 0 Å². The van der Waals surface area contributed by atoms with Gasteiger partial charge in [0.05, 0.1) is 0 Å². The fraction of sp³-hybridized carbons (Fsp3) is 0.880. The summed E-state index contributed by atoms with van der Waals surface area (Å²) in [6.07, 6.45) is 12.9. The summed E-state index contributed by atoms with van der Waals surface area (Å²) < 4.78 is 5.34. The first kappa shape index (κ1) is 23.5. The van der Waals surface area contributed by atoms with Crippen LogP contribution >= 0.6 is 0 Å². The van der Waals surface area contributed by atoms with Crippen molar-refractivity contribution >= 4 is 24.2 Å². The molecule has 0 aromatic heterocycles. The zero-order valence-electron chi connectivity index (χ0n) is 19.0. The van der Waals surface area contributed by atoms with Crippen LogP contribution < -0.4 is 0 Å². The third kappa shape index (κ3) is 4.86. The second kappa shape index (κ2) is 10.3. The van der Waals surface area contributed by atoms with Gasteiger partial charge >= 0.3 is 174 Å². The first-order valence-corrected chi connectivity index (χ1v) is 19.8. The Kier molecular flexibility index (Phi) is 8.96. The molecule has 0 saturated heterocycles. The van der Waals surface area contributed by atoms with Crippen molar-refractivity contribution in [3.05, 3.63) is 12.2 Å². The Hall–Kier alpha value is 0.209. The molecule has 0 bridgehead atoms. The van der Waals surface area contributed by atoms with E-state index in [2.05, 4.69) is 41.2 Å². The number of Topliss-reactive ketones (excluding diaryl/α,β-unsaturated/α-hetero) is 1. The standard InChI is InChI=1S/C13H19O.3C4H9.Sn/c1-9-7-8-13(3)10(2)5-4-6-11(13)12(9)14;3*1-3-4-2;/h7,9,11H,2,4-6,8H2,1,3H3;3*1,3-4H2,2H3;/t9-,11-,13-;;;;/m0..../s1. The maximum atomic E-state index is 13.6. The summed E-state index contributed by atoms with van der Waals surface area (Å²) in [6.45, 7) is 16.3. The third-order valence-electron chi connectivity index (χ3n) is 8.46. The third-order valence-corrected chi connectivity index (χ3v) is 26.5. The predicted molar refractivity (Wildman–Crippen MR) is 122 cm³/mol. The molecule has 0 aromatic carbocycles. The van der Waals surface area contributed by atoms with Gasteiger partial charge in [-0.25, -0.2) is 0 Å². The van der Waals surface area contributed by atoms with Crippen molar-refractivity contribution in [1.29, 1.82) is 0 Å². The van der Waals surface area contributed by atoms with Crippen LogP contribution in [0.2, 0.25) is 17.2 Å². The number of unbranched alkanes of at least 4 members (excludes halogenated alkanes) is 3. The van der Waals surface area contributed by atoms with E-state index < -0.39 is 18.4 Å². The second-order valence-electron chi connectivity index (χ2n) is 10.1. The fourth-order valence-corrected chi connectivity index (χ4v) is 26.8. The number of hydrogen-bond acceptors (Lipinski definition) is 1. The van der Waals surface area contributed by atoms with E-state index in [-0.39, 0.29) is 11.3 Å². The van der Waals surface area contributed by atoms with E-state index in [0.29, 0.717) is 11.7 Å². The molecule has 2 heteroatoms. The number of hydrogen-bond donors (Lipinski definition) is 0. The molecule has 0 unspecified atom stereocenters. The van der Waals surface area contributed by atoms with Gasteiger partial charge in [0.1, 0.15) is 0 Å². The van der Waals surface area contributed by atoms with Crippen molar-refractivity contribution in [3.8, 4) is 0 Å².